The summed E-state index contributed by atoms with van der Waals surface area (Å²) in [6.45, 7) is 0.182. The first-order chi connectivity index (χ1) is 16.5. The molecule has 3 N–H and O–H groups in total. The van der Waals surface area contributed by atoms with Crippen molar-refractivity contribution >= 4 is 23.7 Å². The van der Waals surface area contributed by atoms with Crippen LogP contribution in [0.2, 0.25) is 0 Å². The number of aliphatic carboxylic acids is 1. The van der Waals surface area contributed by atoms with Gasteiger partial charge in [0, 0.05) is 17.2 Å². The van der Waals surface area contributed by atoms with E-state index < -0.39 is 23.5 Å². The number of ether oxygens (including phenoxy) is 1. The molecule has 0 heterocycles. The Kier molecular flexibility index (Phi) is 5.53. The van der Waals surface area contributed by atoms with E-state index in [4.69, 9.17) is 4.74 Å². The minimum absolute atomic E-state index is 0.0510. The summed E-state index contributed by atoms with van der Waals surface area (Å²) in [6, 6.07) is 22.6. The van der Waals surface area contributed by atoms with Crippen molar-refractivity contribution in [3.8, 4) is 11.1 Å². The van der Waals surface area contributed by atoms with Crippen LogP contribution in [-0.2, 0) is 9.53 Å². The van der Waals surface area contributed by atoms with Crippen molar-refractivity contribution in [2.75, 3.05) is 11.9 Å². The number of hydrogen-bond donors (Lipinski definition) is 3. The fourth-order valence-electron chi connectivity index (χ4n) is 4.70. The maximum absolute atomic E-state index is 12.6. The largest absolute Gasteiger partial charge is 0.480 e. The second-order valence-electron chi connectivity index (χ2n) is 8.73. The third kappa shape index (κ3) is 3.90. The summed E-state index contributed by atoms with van der Waals surface area (Å²) in [5.41, 5.74) is 4.00. The molecule has 172 valence electrons. The number of rotatable bonds is 6. The maximum atomic E-state index is 12.6. The Labute approximate surface area is 196 Å². The van der Waals surface area contributed by atoms with Gasteiger partial charge in [-0.2, -0.15) is 0 Å². The van der Waals surface area contributed by atoms with Crippen LogP contribution >= 0.6 is 0 Å². The van der Waals surface area contributed by atoms with Gasteiger partial charge in [-0.3, -0.25) is 10.1 Å². The first-order valence-corrected chi connectivity index (χ1v) is 11.2. The van der Waals surface area contributed by atoms with Gasteiger partial charge in [0.15, 0.2) is 0 Å². The zero-order chi connectivity index (χ0) is 23.7. The summed E-state index contributed by atoms with van der Waals surface area (Å²) in [5, 5.41) is 14.7. The third-order valence-electron chi connectivity index (χ3n) is 6.68. The summed E-state index contributed by atoms with van der Waals surface area (Å²) < 4.78 is 5.55. The zero-order valence-corrected chi connectivity index (χ0v) is 18.4. The lowest BCUT2D eigenvalue weighted by Crippen LogP contribution is -2.59. The van der Waals surface area contributed by atoms with Gasteiger partial charge >= 0.3 is 12.1 Å². The number of amides is 2. The molecule has 7 heteroatoms. The summed E-state index contributed by atoms with van der Waals surface area (Å²) in [4.78, 5) is 36.7. The van der Waals surface area contributed by atoms with Gasteiger partial charge in [0.2, 0.25) is 0 Å². The SMILES string of the molecule is O=C(Nc1cccc(C(=O)NC2(C(=O)O)CCC2)c1)OCC1c2ccccc2-c2ccccc21. The van der Waals surface area contributed by atoms with Crippen molar-refractivity contribution in [3.05, 3.63) is 89.5 Å². The van der Waals surface area contributed by atoms with Crippen molar-refractivity contribution in [1.82, 2.24) is 5.32 Å². The summed E-state index contributed by atoms with van der Waals surface area (Å²) in [7, 11) is 0. The maximum Gasteiger partial charge on any atom is 0.411 e. The Morgan fingerprint density at radius 1 is 0.912 bits per heavy atom. The van der Waals surface area contributed by atoms with E-state index in [1.54, 1.807) is 18.2 Å². The van der Waals surface area contributed by atoms with Crippen LogP contribution in [0.1, 0.15) is 46.7 Å². The number of fused-ring (bicyclic) bond motifs is 3. The molecule has 3 aromatic rings. The van der Waals surface area contributed by atoms with E-state index in [1.165, 1.54) is 6.07 Å². The zero-order valence-electron chi connectivity index (χ0n) is 18.4. The Hall–Kier alpha value is -4.13. The Bertz CT molecular complexity index is 1240. The minimum Gasteiger partial charge on any atom is -0.480 e. The van der Waals surface area contributed by atoms with E-state index >= 15 is 0 Å². The second kappa shape index (κ2) is 8.67. The van der Waals surface area contributed by atoms with E-state index in [0.717, 1.165) is 28.7 Å². The van der Waals surface area contributed by atoms with Crippen LogP contribution in [-0.4, -0.2) is 35.2 Å². The fourth-order valence-corrected chi connectivity index (χ4v) is 4.70. The van der Waals surface area contributed by atoms with Crippen molar-refractivity contribution in [2.24, 2.45) is 0 Å². The molecule has 5 rings (SSSR count). The van der Waals surface area contributed by atoms with Gasteiger partial charge in [-0.25, -0.2) is 9.59 Å². The number of nitrogens with one attached hydrogen (secondary N) is 2. The highest BCUT2D eigenvalue weighted by atomic mass is 16.5. The average Bonchev–Trinajstić information content (AvgIpc) is 3.13. The molecule has 7 nitrogen and oxygen atoms in total. The normalized spacial score (nSPS) is 15.4. The quantitative estimate of drug-likeness (QED) is 0.495. The molecule has 2 amide bonds. The Morgan fingerprint density at radius 2 is 1.56 bits per heavy atom. The molecular weight excluding hydrogens is 432 g/mol. The van der Waals surface area contributed by atoms with Gasteiger partial charge in [-0.15, -0.1) is 0 Å². The molecule has 0 atom stereocenters. The number of carboxylic acid groups (broad SMARTS) is 1. The molecule has 0 unspecified atom stereocenters. The van der Waals surface area contributed by atoms with Gasteiger partial charge < -0.3 is 15.2 Å². The van der Waals surface area contributed by atoms with Crippen LogP contribution in [0.15, 0.2) is 72.8 Å². The second-order valence-corrected chi connectivity index (χ2v) is 8.73. The van der Waals surface area contributed by atoms with Crippen LogP contribution in [0.25, 0.3) is 11.1 Å². The van der Waals surface area contributed by atoms with Crippen LogP contribution in [0.5, 0.6) is 0 Å². The Morgan fingerprint density at radius 3 is 2.15 bits per heavy atom. The first-order valence-electron chi connectivity index (χ1n) is 11.2. The topological polar surface area (TPSA) is 105 Å². The summed E-state index contributed by atoms with van der Waals surface area (Å²) in [6.07, 6.45) is 0.952. The highest BCUT2D eigenvalue weighted by Crippen LogP contribution is 2.44. The number of carboxylic acids is 1. The van der Waals surface area contributed by atoms with Gasteiger partial charge in [0.05, 0.1) is 0 Å². The number of carbonyl (C=O) groups excluding carboxylic acids is 2. The average molecular weight is 456 g/mol. The first kappa shape index (κ1) is 21.7. The molecule has 3 aromatic carbocycles. The molecular formula is C27H24N2O5. The van der Waals surface area contributed by atoms with Crippen molar-refractivity contribution in [3.63, 3.8) is 0 Å². The van der Waals surface area contributed by atoms with Crippen LogP contribution in [0, 0.1) is 0 Å². The molecule has 0 radical (unpaired) electrons. The van der Waals surface area contributed by atoms with E-state index in [1.807, 2.05) is 24.3 Å². The third-order valence-corrected chi connectivity index (χ3v) is 6.68. The van der Waals surface area contributed by atoms with Crippen LogP contribution in [0.3, 0.4) is 0 Å². The van der Waals surface area contributed by atoms with E-state index in [-0.39, 0.29) is 18.1 Å². The molecule has 0 aliphatic heterocycles. The number of benzene rings is 3. The molecule has 0 bridgehead atoms. The Balaban J connectivity index is 1.24. The van der Waals surface area contributed by atoms with Gasteiger partial charge in [0.1, 0.15) is 12.1 Å². The number of anilines is 1. The lowest BCUT2D eigenvalue weighted by atomic mass is 9.76. The minimum atomic E-state index is -1.20. The lowest BCUT2D eigenvalue weighted by Gasteiger charge is -2.38. The smallest absolute Gasteiger partial charge is 0.411 e. The molecule has 0 spiro atoms. The molecule has 1 saturated carbocycles. The van der Waals surface area contributed by atoms with Gasteiger partial charge in [-0.05, 0) is 59.7 Å². The van der Waals surface area contributed by atoms with Crippen LogP contribution < -0.4 is 10.6 Å². The highest BCUT2D eigenvalue weighted by molar-refractivity contribution is 5.99. The number of hydrogen-bond acceptors (Lipinski definition) is 4. The predicted molar refractivity (Wildman–Crippen MR) is 127 cm³/mol. The van der Waals surface area contributed by atoms with Gasteiger partial charge in [0.25, 0.3) is 5.91 Å². The van der Waals surface area contributed by atoms with E-state index in [2.05, 4.69) is 34.9 Å². The highest BCUT2D eigenvalue weighted by Gasteiger charge is 2.45. The summed E-state index contributed by atoms with van der Waals surface area (Å²) >= 11 is 0. The molecule has 0 saturated heterocycles. The molecule has 1 fully saturated rings. The van der Waals surface area contributed by atoms with E-state index in [9.17, 15) is 19.5 Å². The standard InChI is InChI=1S/C27H24N2O5/c30-24(29-27(25(31)32)13-6-14-27)17-7-5-8-18(15-17)28-26(33)34-16-23-21-11-3-1-9-19(21)20-10-2-4-12-22(20)23/h1-5,7-12,15,23H,6,13-14,16H2,(H,28,33)(H,29,30)(H,31,32). The van der Waals surface area contributed by atoms with Crippen LogP contribution in [0.4, 0.5) is 10.5 Å². The summed E-state index contributed by atoms with van der Waals surface area (Å²) in [5.74, 6) is -1.57. The number of carbonyl (C=O) groups is 3. The monoisotopic (exact) mass is 456 g/mol. The molecule has 2 aliphatic rings. The molecule has 2 aliphatic carbocycles. The van der Waals surface area contributed by atoms with Crippen molar-refractivity contribution < 1.29 is 24.2 Å². The molecule has 34 heavy (non-hydrogen) atoms. The molecule has 0 aromatic heterocycles. The lowest BCUT2D eigenvalue weighted by molar-refractivity contribution is -0.148. The fraction of sp³-hybridized carbons (Fsp3) is 0.222. The van der Waals surface area contributed by atoms with Crippen molar-refractivity contribution in [1.29, 1.82) is 0 Å². The van der Waals surface area contributed by atoms with Gasteiger partial charge in [-0.1, -0.05) is 54.6 Å². The van der Waals surface area contributed by atoms with E-state index in [0.29, 0.717) is 18.5 Å². The van der Waals surface area contributed by atoms with Crippen molar-refractivity contribution in [2.45, 2.75) is 30.7 Å². The predicted octanol–water partition coefficient (Wildman–Crippen LogP) is 4.78.